The number of rotatable bonds is 5. The molecule has 1 aromatic heterocycles. The predicted molar refractivity (Wildman–Crippen MR) is 94.4 cm³/mol. The van der Waals surface area contributed by atoms with E-state index in [-0.39, 0.29) is 5.91 Å². The highest BCUT2D eigenvalue weighted by molar-refractivity contribution is 7.98. The second-order valence-corrected chi connectivity index (χ2v) is 6.43. The van der Waals surface area contributed by atoms with Gasteiger partial charge >= 0.3 is 0 Å². The highest BCUT2D eigenvalue weighted by atomic mass is 35.5. The third-order valence-corrected chi connectivity index (χ3v) is 4.48. The molecule has 1 N–H and O–H groups in total. The highest BCUT2D eigenvalue weighted by Gasteiger charge is 2.13. The first-order valence-electron chi connectivity index (χ1n) is 7.20. The maximum Gasteiger partial charge on any atom is 0.256 e. The van der Waals surface area contributed by atoms with Crippen molar-refractivity contribution in [2.24, 2.45) is 0 Å². The molecule has 0 aliphatic rings. The Morgan fingerprint density at radius 3 is 2.67 bits per heavy atom. The average Bonchev–Trinajstić information content (AvgIpc) is 3.01. The number of aryl methyl sites for hydroxylation is 1. The van der Waals surface area contributed by atoms with Crippen LogP contribution < -0.4 is 5.32 Å². The number of hydrogen-bond acceptors (Lipinski definition) is 5. The van der Waals surface area contributed by atoms with Gasteiger partial charge in [0.1, 0.15) is 0 Å². The van der Waals surface area contributed by atoms with Gasteiger partial charge in [0.15, 0.2) is 5.82 Å². The van der Waals surface area contributed by atoms with Crippen molar-refractivity contribution < 1.29 is 9.32 Å². The lowest BCUT2D eigenvalue weighted by atomic mass is 10.2. The third kappa shape index (κ3) is 4.15. The molecule has 0 fully saturated rings. The van der Waals surface area contributed by atoms with Crippen molar-refractivity contribution in [3.63, 3.8) is 0 Å². The zero-order valence-electron chi connectivity index (χ0n) is 12.8. The quantitative estimate of drug-likeness (QED) is 0.675. The molecule has 0 bridgehead atoms. The summed E-state index contributed by atoms with van der Waals surface area (Å²) in [5.41, 5.74) is 1.29. The van der Waals surface area contributed by atoms with Gasteiger partial charge in [-0.3, -0.25) is 4.79 Å². The molecule has 0 aliphatic carbocycles. The summed E-state index contributed by atoms with van der Waals surface area (Å²) >= 11 is 7.34. The Balaban J connectivity index is 1.72. The summed E-state index contributed by atoms with van der Waals surface area (Å²) in [6.07, 6.45) is 0. The number of carbonyl (C=O) groups is 1. The van der Waals surface area contributed by atoms with E-state index in [4.69, 9.17) is 16.1 Å². The number of halogens is 1. The Hall–Kier alpha value is -2.31. The van der Waals surface area contributed by atoms with E-state index < -0.39 is 0 Å². The Kier molecular flexibility index (Phi) is 5.17. The van der Waals surface area contributed by atoms with Crippen LogP contribution in [0.2, 0.25) is 5.02 Å². The highest BCUT2D eigenvalue weighted by Crippen LogP contribution is 2.26. The van der Waals surface area contributed by atoms with Crippen LogP contribution in [0.1, 0.15) is 22.1 Å². The van der Waals surface area contributed by atoms with E-state index in [0.29, 0.717) is 33.7 Å². The second kappa shape index (κ2) is 7.51. The summed E-state index contributed by atoms with van der Waals surface area (Å²) in [4.78, 5) is 17.5. The van der Waals surface area contributed by atoms with E-state index >= 15 is 0 Å². The molecular weight excluding hydrogens is 346 g/mol. The van der Waals surface area contributed by atoms with Gasteiger partial charge in [-0.25, -0.2) is 0 Å². The topological polar surface area (TPSA) is 68.0 Å². The molecule has 7 heteroatoms. The van der Waals surface area contributed by atoms with Gasteiger partial charge in [0.2, 0.25) is 5.89 Å². The average molecular weight is 360 g/mol. The zero-order chi connectivity index (χ0) is 16.9. The Morgan fingerprint density at radius 2 is 1.96 bits per heavy atom. The molecular formula is C17H14ClN3O2S. The first kappa shape index (κ1) is 16.5. The van der Waals surface area contributed by atoms with Crippen LogP contribution in [0, 0.1) is 6.92 Å². The lowest BCUT2D eigenvalue weighted by Crippen LogP contribution is -2.12. The van der Waals surface area contributed by atoms with E-state index in [9.17, 15) is 4.79 Å². The fourth-order valence-electron chi connectivity index (χ4n) is 2.05. The fraction of sp³-hybridized carbons (Fsp3) is 0.118. The van der Waals surface area contributed by atoms with Crippen LogP contribution in [0.3, 0.4) is 0 Å². The van der Waals surface area contributed by atoms with Crippen molar-refractivity contribution in [2.75, 3.05) is 5.32 Å². The number of nitrogens with one attached hydrogen (secondary N) is 1. The van der Waals surface area contributed by atoms with E-state index in [2.05, 4.69) is 15.5 Å². The monoisotopic (exact) mass is 359 g/mol. The number of hydrogen-bond donors (Lipinski definition) is 1. The summed E-state index contributed by atoms with van der Waals surface area (Å²) in [6, 6.07) is 14.4. The predicted octanol–water partition coefficient (Wildman–Crippen LogP) is 4.58. The molecule has 122 valence electrons. The SMILES string of the molecule is Cc1nc(CSc2ccccc2C(=O)Nc2ccc(Cl)cc2)no1. The molecule has 0 saturated carbocycles. The number of aromatic nitrogens is 2. The molecule has 3 rings (SSSR count). The minimum Gasteiger partial charge on any atom is -0.340 e. The van der Waals surface area contributed by atoms with Crippen LogP contribution in [0.4, 0.5) is 5.69 Å². The molecule has 0 unspecified atom stereocenters. The van der Waals surface area contributed by atoms with Crippen LogP contribution in [-0.2, 0) is 5.75 Å². The van der Waals surface area contributed by atoms with Crippen LogP contribution in [0.25, 0.3) is 0 Å². The molecule has 0 radical (unpaired) electrons. The first-order valence-corrected chi connectivity index (χ1v) is 8.56. The van der Waals surface area contributed by atoms with E-state index in [1.54, 1.807) is 37.3 Å². The van der Waals surface area contributed by atoms with E-state index in [1.165, 1.54) is 11.8 Å². The summed E-state index contributed by atoms with van der Waals surface area (Å²) in [7, 11) is 0. The number of carbonyl (C=O) groups excluding carboxylic acids is 1. The molecule has 24 heavy (non-hydrogen) atoms. The van der Waals surface area contributed by atoms with Crippen LogP contribution in [0.5, 0.6) is 0 Å². The number of anilines is 1. The van der Waals surface area contributed by atoms with Gasteiger partial charge in [0, 0.05) is 22.5 Å². The molecule has 0 spiro atoms. The fourth-order valence-corrected chi connectivity index (χ4v) is 3.07. The van der Waals surface area contributed by atoms with Gasteiger partial charge in [-0.15, -0.1) is 11.8 Å². The van der Waals surface area contributed by atoms with Crippen molar-refractivity contribution >= 4 is 35.0 Å². The standard InChI is InChI=1S/C17H14ClN3O2S/c1-11-19-16(21-23-11)10-24-15-5-3-2-4-14(15)17(22)20-13-8-6-12(18)7-9-13/h2-9H,10H2,1H3,(H,20,22). The molecule has 2 aromatic carbocycles. The van der Waals surface area contributed by atoms with Gasteiger partial charge in [-0.2, -0.15) is 4.98 Å². The lowest BCUT2D eigenvalue weighted by Gasteiger charge is -2.09. The first-order chi connectivity index (χ1) is 11.6. The number of nitrogens with zero attached hydrogens (tertiary/aromatic N) is 2. The molecule has 1 heterocycles. The lowest BCUT2D eigenvalue weighted by molar-refractivity contribution is 0.102. The molecule has 0 saturated heterocycles. The normalized spacial score (nSPS) is 10.6. The zero-order valence-corrected chi connectivity index (χ0v) is 14.4. The largest absolute Gasteiger partial charge is 0.340 e. The Morgan fingerprint density at radius 1 is 1.21 bits per heavy atom. The summed E-state index contributed by atoms with van der Waals surface area (Å²) in [5.74, 6) is 1.48. The van der Waals surface area contributed by atoms with Crippen molar-refractivity contribution in [1.29, 1.82) is 0 Å². The van der Waals surface area contributed by atoms with Gasteiger partial charge < -0.3 is 9.84 Å². The summed E-state index contributed by atoms with van der Waals surface area (Å²) in [6.45, 7) is 1.74. The smallest absolute Gasteiger partial charge is 0.256 e. The van der Waals surface area contributed by atoms with Crippen molar-refractivity contribution in [3.05, 3.63) is 70.8 Å². The number of amides is 1. The second-order valence-electron chi connectivity index (χ2n) is 4.98. The van der Waals surface area contributed by atoms with Crippen molar-refractivity contribution in [2.45, 2.75) is 17.6 Å². The minimum absolute atomic E-state index is 0.176. The third-order valence-electron chi connectivity index (χ3n) is 3.16. The van der Waals surface area contributed by atoms with Gasteiger partial charge in [0.25, 0.3) is 5.91 Å². The van der Waals surface area contributed by atoms with Crippen LogP contribution in [-0.4, -0.2) is 16.0 Å². The maximum absolute atomic E-state index is 12.5. The number of benzene rings is 2. The van der Waals surface area contributed by atoms with Crippen molar-refractivity contribution in [1.82, 2.24) is 10.1 Å². The molecule has 5 nitrogen and oxygen atoms in total. The van der Waals surface area contributed by atoms with Gasteiger partial charge in [-0.1, -0.05) is 28.9 Å². The van der Waals surface area contributed by atoms with Crippen LogP contribution >= 0.6 is 23.4 Å². The minimum atomic E-state index is -0.176. The van der Waals surface area contributed by atoms with Crippen LogP contribution in [0.15, 0.2) is 57.9 Å². The Labute approximate surface area is 148 Å². The summed E-state index contributed by atoms with van der Waals surface area (Å²) in [5, 5.41) is 7.35. The van der Waals surface area contributed by atoms with Gasteiger partial charge in [-0.05, 0) is 36.4 Å². The van der Waals surface area contributed by atoms with Gasteiger partial charge in [0.05, 0.1) is 11.3 Å². The molecule has 3 aromatic rings. The molecule has 0 atom stereocenters. The van der Waals surface area contributed by atoms with Crippen molar-refractivity contribution in [3.8, 4) is 0 Å². The summed E-state index contributed by atoms with van der Waals surface area (Å²) < 4.78 is 4.95. The number of thioether (sulfide) groups is 1. The van der Waals surface area contributed by atoms with E-state index in [1.807, 2.05) is 18.2 Å². The molecule has 0 aliphatic heterocycles. The maximum atomic E-state index is 12.5. The Bertz CT molecular complexity index is 849. The molecule has 1 amide bonds. The van der Waals surface area contributed by atoms with E-state index in [0.717, 1.165) is 4.90 Å².